The van der Waals surface area contributed by atoms with Gasteiger partial charge in [-0.1, -0.05) is 193 Å². The minimum Gasteiger partial charge on any atom is -0.480 e. The number of aliphatic carboxylic acids is 1. The molecule has 0 amide bonds. The number of phosphoric acid groups is 1. The molecule has 0 aliphatic rings. The highest BCUT2D eigenvalue weighted by Crippen LogP contribution is 2.43. The van der Waals surface area contributed by atoms with Crippen LogP contribution in [0.5, 0.6) is 0 Å². The molecule has 0 fully saturated rings. The lowest BCUT2D eigenvalue weighted by Crippen LogP contribution is -2.34. The van der Waals surface area contributed by atoms with Gasteiger partial charge in [0.25, 0.3) is 0 Å². The molecular formula is C46H88NO10P. The van der Waals surface area contributed by atoms with E-state index in [0.717, 1.165) is 57.8 Å². The largest absolute Gasteiger partial charge is 0.480 e. The second kappa shape index (κ2) is 41.9. The van der Waals surface area contributed by atoms with Crippen molar-refractivity contribution in [1.82, 2.24) is 0 Å². The molecule has 1 unspecified atom stereocenters. The molecule has 4 N–H and O–H groups in total. The van der Waals surface area contributed by atoms with Crippen LogP contribution >= 0.6 is 7.82 Å². The van der Waals surface area contributed by atoms with Crippen molar-refractivity contribution >= 4 is 25.7 Å². The summed E-state index contributed by atoms with van der Waals surface area (Å²) < 4.78 is 32.8. The average molecular weight is 846 g/mol. The maximum Gasteiger partial charge on any atom is 0.472 e. The summed E-state index contributed by atoms with van der Waals surface area (Å²) >= 11 is 0. The molecule has 342 valence electrons. The number of unbranched alkanes of at least 4 members (excludes halogenated alkanes) is 29. The summed E-state index contributed by atoms with van der Waals surface area (Å²) in [5, 5.41) is 8.90. The number of carbonyl (C=O) groups is 3. The van der Waals surface area contributed by atoms with Crippen LogP contribution in [0.15, 0.2) is 12.2 Å². The summed E-state index contributed by atoms with van der Waals surface area (Å²) in [6.07, 6.45) is 42.7. The van der Waals surface area contributed by atoms with Gasteiger partial charge in [-0.15, -0.1) is 0 Å². The van der Waals surface area contributed by atoms with Crippen molar-refractivity contribution in [3.05, 3.63) is 12.2 Å². The molecule has 0 radical (unpaired) electrons. The van der Waals surface area contributed by atoms with Crippen LogP contribution in [-0.4, -0.2) is 59.9 Å². The normalized spacial score (nSPS) is 13.7. The zero-order valence-electron chi connectivity index (χ0n) is 37.2. The molecule has 0 bridgehead atoms. The Labute approximate surface area is 354 Å². The first kappa shape index (κ1) is 56.2. The van der Waals surface area contributed by atoms with E-state index in [9.17, 15) is 23.8 Å². The highest BCUT2D eigenvalue weighted by Gasteiger charge is 2.28. The zero-order valence-corrected chi connectivity index (χ0v) is 38.1. The van der Waals surface area contributed by atoms with Gasteiger partial charge in [-0.3, -0.25) is 23.4 Å². The lowest BCUT2D eigenvalue weighted by molar-refractivity contribution is -0.161. The van der Waals surface area contributed by atoms with E-state index in [1.807, 2.05) is 0 Å². The van der Waals surface area contributed by atoms with Crippen molar-refractivity contribution < 1.29 is 47.5 Å². The fraction of sp³-hybridized carbons (Fsp3) is 0.891. The van der Waals surface area contributed by atoms with Crippen LogP contribution in [0, 0.1) is 0 Å². The van der Waals surface area contributed by atoms with Gasteiger partial charge in [-0.05, 0) is 38.5 Å². The number of carbonyl (C=O) groups excluding carboxylic acids is 2. The molecule has 0 aliphatic carbocycles. The Bertz CT molecular complexity index is 1040. The van der Waals surface area contributed by atoms with Crippen LogP contribution < -0.4 is 5.73 Å². The van der Waals surface area contributed by atoms with Gasteiger partial charge in [-0.25, -0.2) is 4.57 Å². The average Bonchev–Trinajstić information content (AvgIpc) is 3.20. The lowest BCUT2D eigenvalue weighted by atomic mass is 10.0. The summed E-state index contributed by atoms with van der Waals surface area (Å²) in [5.74, 6) is -2.37. The summed E-state index contributed by atoms with van der Waals surface area (Å²) in [6, 6.07) is -1.52. The molecule has 0 aliphatic heterocycles. The number of carboxylic acid groups (broad SMARTS) is 1. The molecule has 0 aromatic rings. The molecule has 11 nitrogen and oxygen atoms in total. The summed E-state index contributed by atoms with van der Waals surface area (Å²) in [4.78, 5) is 46.0. The molecule has 0 heterocycles. The molecule has 0 aromatic carbocycles. The van der Waals surface area contributed by atoms with Gasteiger partial charge in [0.2, 0.25) is 0 Å². The van der Waals surface area contributed by atoms with Crippen molar-refractivity contribution in [2.24, 2.45) is 5.73 Å². The fourth-order valence-corrected chi connectivity index (χ4v) is 7.55. The Morgan fingerprint density at radius 3 is 1.26 bits per heavy atom. The Morgan fingerprint density at radius 2 is 0.862 bits per heavy atom. The van der Waals surface area contributed by atoms with Crippen molar-refractivity contribution in [3.8, 4) is 0 Å². The predicted octanol–water partition coefficient (Wildman–Crippen LogP) is 12.8. The number of hydrogen-bond acceptors (Lipinski definition) is 9. The van der Waals surface area contributed by atoms with Gasteiger partial charge in [0, 0.05) is 12.8 Å². The van der Waals surface area contributed by atoms with Crippen LogP contribution in [0.4, 0.5) is 0 Å². The van der Waals surface area contributed by atoms with E-state index in [1.165, 1.54) is 135 Å². The second-order valence-electron chi connectivity index (χ2n) is 16.2. The minimum atomic E-state index is -4.71. The summed E-state index contributed by atoms with van der Waals surface area (Å²) in [6.45, 7) is 2.82. The Hall–Kier alpha value is -1.78. The number of rotatable bonds is 45. The van der Waals surface area contributed by atoms with E-state index in [2.05, 4.69) is 30.5 Å². The maximum atomic E-state index is 12.7. The predicted molar refractivity (Wildman–Crippen MR) is 236 cm³/mol. The first-order valence-electron chi connectivity index (χ1n) is 23.7. The van der Waals surface area contributed by atoms with Crippen LogP contribution in [0.25, 0.3) is 0 Å². The smallest absolute Gasteiger partial charge is 0.472 e. The van der Waals surface area contributed by atoms with Gasteiger partial charge >= 0.3 is 25.7 Å². The van der Waals surface area contributed by atoms with Gasteiger partial charge in [0.1, 0.15) is 12.6 Å². The SMILES string of the molecule is CCCCCCC/C=C/CCCCCCCC(=O)OC[C@H](COP(=O)(O)OC[C@H](N)C(=O)O)OC(=O)CCCCCCCCCCCCCCCCCCCCCC. The number of carboxylic acids is 1. The van der Waals surface area contributed by atoms with Crippen molar-refractivity contribution in [2.45, 2.75) is 244 Å². The van der Waals surface area contributed by atoms with E-state index >= 15 is 0 Å². The van der Waals surface area contributed by atoms with Crippen LogP contribution in [0.2, 0.25) is 0 Å². The van der Waals surface area contributed by atoms with Gasteiger partial charge < -0.3 is 25.2 Å². The van der Waals surface area contributed by atoms with E-state index in [-0.39, 0.29) is 19.4 Å². The molecule has 12 heteroatoms. The number of ether oxygens (including phenoxy) is 2. The third-order valence-electron chi connectivity index (χ3n) is 10.5. The highest BCUT2D eigenvalue weighted by atomic mass is 31.2. The molecular weight excluding hydrogens is 757 g/mol. The van der Waals surface area contributed by atoms with Crippen molar-refractivity contribution in [2.75, 3.05) is 19.8 Å². The minimum absolute atomic E-state index is 0.166. The van der Waals surface area contributed by atoms with Gasteiger partial charge in [-0.2, -0.15) is 0 Å². The van der Waals surface area contributed by atoms with Crippen LogP contribution in [-0.2, 0) is 37.5 Å². The number of esters is 2. The standard InChI is InChI=1S/C46H88NO10P/c1-3-5-7-9-11-13-15-17-19-20-21-22-23-24-26-28-30-32-34-36-38-45(49)57-42(40-55-58(52,53)56-41-43(47)46(50)51)39-54-44(48)37-35-33-31-29-27-25-18-16-14-12-10-8-6-4-2/h16,18,42-43H,3-15,17,19-41,47H2,1-2H3,(H,50,51)(H,52,53)/b18-16+/t42-,43+/m1/s1. The van der Waals surface area contributed by atoms with Crippen molar-refractivity contribution in [1.29, 1.82) is 0 Å². The molecule has 0 saturated heterocycles. The summed E-state index contributed by atoms with van der Waals surface area (Å²) in [7, 11) is -4.71. The third kappa shape index (κ3) is 41.0. The third-order valence-corrected chi connectivity index (χ3v) is 11.5. The van der Waals surface area contributed by atoms with E-state index in [1.54, 1.807) is 0 Å². The molecule has 3 atom stereocenters. The number of nitrogens with two attached hydrogens (primary N) is 1. The lowest BCUT2D eigenvalue weighted by Gasteiger charge is -2.20. The van der Waals surface area contributed by atoms with E-state index < -0.39 is 51.1 Å². The zero-order chi connectivity index (χ0) is 42.8. The number of allylic oxidation sites excluding steroid dienone is 2. The quantitative estimate of drug-likeness (QED) is 0.0230. The van der Waals surface area contributed by atoms with Crippen molar-refractivity contribution in [3.63, 3.8) is 0 Å². The molecule has 0 saturated carbocycles. The summed E-state index contributed by atoms with van der Waals surface area (Å²) in [5.41, 5.74) is 5.34. The fourth-order valence-electron chi connectivity index (χ4n) is 6.77. The molecule has 0 aromatic heterocycles. The Balaban J connectivity index is 4.26. The first-order chi connectivity index (χ1) is 28.1. The highest BCUT2D eigenvalue weighted by molar-refractivity contribution is 7.47. The second-order valence-corrected chi connectivity index (χ2v) is 17.7. The van der Waals surface area contributed by atoms with Crippen LogP contribution in [0.1, 0.15) is 232 Å². The number of hydrogen-bond donors (Lipinski definition) is 3. The topological polar surface area (TPSA) is 172 Å². The van der Waals surface area contributed by atoms with Gasteiger partial charge in [0.15, 0.2) is 6.10 Å². The molecule has 58 heavy (non-hydrogen) atoms. The monoisotopic (exact) mass is 846 g/mol. The van der Waals surface area contributed by atoms with Gasteiger partial charge in [0.05, 0.1) is 13.2 Å². The molecule has 0 rings (SSSR count). The first-order valence-corrected chi connectivity index (χ1v) is 25.2. The Morgan fingerprint density at radius 1 is 0.517 bits per heavy atom. The van der Waals surface area contributed by atoms with Crippen LogP contribution in [0.3, 0.4) is 0 Å². The maximum absolute atomic E-state index is 12.7. The number of phosphoric ester groups is 1. The van der Waals surface area contributed by atoms with E-state index in [0.29, 0.717) is 12.8 Å². The Kier molecular flexibility index (Phi) is 40.6. The van der Waals surface area contributed by atoms with E-state index in [4.69, 9.17) is 24.8 Å². The molecule has 0 spiro atoms.